The molecule has 7 heteroatoms. The molecule has 1 saturated heterocycles. The molecular weight excluding hydrogens is 344 g/mol. The number of hydrogen-bond acceptors (Lipinski definition) is 7. The van der Waals surface area contributed by atoms with Gasteiger partial charge < -0.3 is 11.1 Å². The summed E-state index contributed by atoms with van der Waals surface area (Å²) in [5.41, 5.74) is 8.04. The number of nitrogens with two attached hydrogens (primary N) is 1. The molecule has 1 aromatic carbocycles. The highest BCUT2D eigenvalue weighted by molar-refractivity contribution is 7.10. The molecule has 134 valence electrons. The molecular formula is C19H22N6S. The summed E-state index contributed by atoms with van der Waals surface area (Å²) in [6, 6.07) is 12.8. The Morgan fingerprint density at radius 3 is 2.88 bits per heavy atom. The first kappa shape index (κ1) is 16.9. The fourth-order valence-corrected chi connectivity index (χ4v) is 4.29. The lowest BCUT2D eigenvalue weighted by molar-refractivity contribution is 0.245. The Morgan fingerprint density at radius 1 is 1.19 bits per heavy atom. The highest BCUT2D eigenvalue weighted by atomic mass is 32.1. The number of likely N-dealkylation sites (tertiary alicyclic amines) is 1. The molecule has 0 radical (unpaired) electrons. The van der Waals surface area contributed by atoms with Gasteiger partial charge in [-0.05, 0) is 49.4 Å². The van der Waals surface area contributed by atoms with Crippen LogP contribution in [0.4, 0.5) is 17.6 Å². The minimum atomic E-state index is 0.248. The Bertz CT molecular complexity index is 879. The van der Waals surface area contributed by atoms with E-state index in [1.165, 1.54) is 17.7 Å². The SMILES string of the molecule is Cc1ccccc1Nc1nc(N)nc(CN2CCCC2c2cccs2)n1. The van der Waals surface area contributed by atoms with Crippen molar-refractivity contribution >= 4 is 28.9 Å². The summed E-state index contributed by atoms with van der Waals surface area (Å²) in [5.74, 6) is 1.45. The zero-order valence-electron chi connectivity index (χ0n) is 14.7. The van der Waals surface area contributed by atoms with Crippen molar-refractivity contribution in [2.75, 3.05) is 17.6 Å². The summed E-state index contributed by atoms with van der Waals surface area (Å²) in [5, 5.41) is 5.39. The summed E-state index contributed by atoms with van der Waals surface area (Å²) in [6.45, 7) is 3.77. The number of nitrogens with one attached hydrogen (secondary N) is 1. The number of rotatable bonds is 5. The number of nitrogen functional groups attached to an aromatic ring is 1. The monoisotopic (exact) mass is 366 g/mol. The van der Waals surface area contributed by atoms with Crippen LogP contribution in [0.3, 0.4) is 0 Å². The standard InChI is InChI=1S/C19H22N6S/c1-13-6-2-3-7-14(13)21-19-23-17(22-18(20)24-19)12-25-10-4-8-15(25)16-9-5-11-26-16/h2-3,5-7,9,11,15H,4,8,10,12H2,1H3,(H3,20,21,22,23,24). The van der Waals surface area contributed by atoms with Gasteiger partial charge in [0.05, 0.1) is 6.54 Å². The molecule has 6 nitrogen and oxygen atoms in total. The molecule has 26 heavy (non-hydrogen) atoms. The van der Waals surface area contributed by atoms with E-state index < -0.39 is 0 Å². The average Bonchev–Trinajstić information content (AvgIpc) is 3.27. The van der Waals surface area contributed by atoms with Crippen molar-refractivity contribution in [3.05, 3.63) is 58.0 Å². The first-order chi connectivity index (χ1) is 12.7. The number of benzene rings is 1. The molecule has 0 spiro atoms. The van der Waals surface area contributed by atoms with Crippen LogP contribution < -0.4 is 11.1 Å². The number of thiophene rings is 1. The minimum absolute atomic E-state index is 0.248. The maximum absolute atomic E-state index is 5.94. The largest absolute Gasteiger partial charge is 0.368 e. The molecule has 1 atom stereocenters. The Labute approximate surface area is 157 Å². The smallest absolute Gasteiger partial charge is 0.232 e. The van der Waals surface area contributed by atoms with Gasteiger partial charge in [-0.1, -0.05) is 24.3 Å². The third-order valence-corrected chi connectivity index (χ3v) is 5.64. The fourth-order valence-electron chi connectivity index (χ4n) is 3.40. The first-order valence-corrected chi connectivity index (χ1v) is 9.67. The molecule has 4 rings (SSSR count). The van der Waals surface area contributed by atoms with Gasteiger partial charge in [0.1, 0.15) is 5.82 Å². The molecule has 0 aliphatic carbocycles. The number of para-hydroxylation sites is 1. The van der Waals surface area contributed by atoms with E-state index in [2.05, 4.69) is 42.7 Å². The van der Waals surface area contributed by atoms with Gasteiger partial charge in [0.25, 0.3) is 0 Å². The maximum atomic E-state index is 5.94. The normalized spacial score (nSPS) is 17.5. The van der Waals surface area contributed by atoms with Crippen molar-refractivity contribution in [2.45, 2.75) is 32.4 Å². The summed E-state index contributed by atoms with van der Waals surface area (Å²) < 4.78 is 0. The second-order valence-corrected chi connectivity index (χ2v) is 7.50. The Balaban J connectivity index is 1.54. The van der Waals surface area contributed by atoms with Crippen LogP contribution in [0.5, 0.6) is 0 Å². The lowest BCUT2D eigenvalue weighted by Crippen LogP contribution is -2.24. The molecule has 3 heterocycles. The third-order valence-electron chi connectivity index (χ3n) is 4.67. The molecule has 0 saturated carbocycles. The van der Waals surface area contributed by atoms with Crippen LogP contribution in [0.25, 0.3) is 0 Å². The Hall–Kier alpha value is -2.51. The predicted octanol–water partition coefficient (Wildman–Crippen LogP) is 3.90. The number of hydrogen-bond donors (Lipinski definition) is 2. The van der Waals surface area contributed by atoms with Gasteiger partial charge in [-0.2, -0.15) is 15.0 Å². The number of aryl methyl sites for hydroxylation is 1. The second kappa shape index (κ2) is 7.39. The second-order valence-electron chi connectivity index (χ2n) is 6.52. The van der Waals surface area contributed by atoms with Gasteiger partial charge in [0.15, 0.2) is 0 Å². The van der Waals surface area contributed by atoms with Crippen LogP contribution in [0.1, 0.15) is 35.1 Å². The molecule has 0 amide bonds. The highest BCUT2D eigenvalue weighted by Crippen LogP contribution is 2.35. The lowest BCUT2D eigenvalue weighted by Gasteiger charge is -2.22. The van der Waals surface area contributed by atoms with E-state index in [1.54, 1.807) is 0 Å². The molecule has 1 fully saturated rings. The highest BCUT2D eigenvalue weighted by Gasteiger charge is 2.27. The Morgan fingerprint density at radius 2 is 2.08 bits per heavy atom. The van der Waals surface area contributed by atoms with Gasteiger partial charge in [-0.15, -0.1) is 11.3 Å². The van der Waals surface area contributed by atoms with E-state index >= 15 is 0 Å². The first-order valence-electron chi connectivity index (χ1n) is 8.79. The van der Waals surface area contributed by atoms with E-state index in [1.807, 2.05) is 42.5 Å². The summed E-state index contributed by atoms with van der Waals surface area (Å²) in [7, 11) is 0. The molecule has 1 unspecified atom stereocenters. The topological polar surface area (TPSA) is 80.0 Å². The fraction of sp³-hybridized carbons (Fsp3) is 0.316. The van der Waals surface area contributed by atoms with E-state index in [9.17, 15) is 0 Å². The van der Waals surface area contributed by atoms with Crippen LogP contribution in [-0.4, -0.2) is 26.4 Å². The number of aromatic nitrogens is 3. The van der Waals surface area contributed by atoms with Crippen molar-refractivity contribution in [3.63, 3.8) is 0 Å². The molecule has 0 bridgehead atoms. The summed E-state index contributed by atoms with van der Waals surface area (Å²) in [6.07, 6.45) is 2.37. The zero-order valence-corrected chi connectivity index (χ0v) is 15.5. The van der Waals surface area contributed by atoms with Crippen molar-refractivity contribution in [2.24, 2.45) is 0 Å². The minimum Gasteiger partial charge on any atom is -0.368 e. The van der Waals surface area contributed by atoms with Gasteiger partial charge >= 0.3 is 0 Å². The molecule has 1 aliphatic heterocycles. The third kappa shape index (κ3) is 3.68. The van der Waals surface area contributed by atoms with Crippen LogP contribution in [-0.2, 0) is 6.54 Å². The van der Waals surface area contributed by atoms with Crippen LogP contribution >= 0.6 is 11.3 Å². The molecule has 3 N–H and O–H groups in total. The number of anilines is 3. The van der Waals surface area contributed by atoms with Crippen molar-refractivity contribution in [3.8, 4) is 0 Å². The summed E-state index contributed by atoms with van der Waals surface area (Å²) in [4.78, 5) is 17.0. The maximum Gasteiger partial charge on any atom is 0.232 e. The molecule has 2 aromatic heterocycles. The van der Waals surface area contributed by atoms with E-state index in [4.69, 9.17) is 5.73 Å². The molecule has 1 aliphatic rings. The van der Waals surface area contributed by atoms with E-state index in [-0.39, 0.29) is 5.95 Å². The predicted molar refractivity (Wildman–Crippen MR) is 105 cm³/mol. The van der Waals surface area contributed by atoms with Crippen molar-refractivity contribution < 1.29 is 0 Å². The van der Waals surface area contributed by atoms with Crippen LogP contribution in [0, 0.1) is 6.92 Å². The Kier molecular flexibility index (Phi) is 4.81. The van der Waals surface area contributed by atoms with E-state index in [0.717, 1.165) is 17.8 Å². The van der Waals surface area contributed by atoms with E-state index in [0.29, 0.717) is 24.4 Å². The average molecular weight is 366 g/mol. The molecule has 3 aromatic rings. The van der Waals surface area contributed by atoms with Gasteiger partial charge in [-0.25, -0.2) is 0 Å². The van der Waals surface area contributed by atoms with Crippen LogP contribution in [0.2, 0.25) is 0 Å². The number of nitrogens with zero attached hydrogens (tertiary/aromatic N) is 4. The van der Waals surface area contributed by atoms with Crippen molar-refractivity contribution in [1.82, 2.24) is 19.9 Å². The van der Waals surface area contributed by atoms with Crippen LogP contribution in [0.15, 0.2) is 41.8 Å². The van der Waals surface area contributed by atoms with Gasteiger partial charge in [0.2, 0.25) is 11.9 Å². The quantitative estimate of drug-likeness (QED) is 0.713. The van der Waals surface area contributed by atoms with Crippen molar-refractivity contribution in [1.29, 1.82) is 0 Å². The zero-order chi connectivity index (χ0) is 17.9. The van der Waals surface area contributed by atoms with Gasteiger partial charge in [-0.3, -0.25) is 4.90 Å². The lowest BCUT2D eigenvalue weighted by atomic mass is 10.2. The summed E-state index contributed by atoms with van der Waals surface area (Å²) >= 11 is 1.81. The van der Waals surface area contributed by atoms with Gasteiger partial charge in [0, 0.05) is 16.6 Å².